The van der Waals surface area contributed by atoms with E-state index in [1.807, 2.05) is 0 Å². The molecule has 1 aromatic carbocycles. The van der Waals surface area contributed by atoms with Gasteiger partial charge in [-0.1, -0.05) is 0 Å². The topological polar surface area (TPSA) is 145 Å². The van der Waals surface area contributed by atoms with Gasteiger partial charge >= 0.3 is 5.97 Å². The zero-order valence-corrected chi connectivity index (χ0v) is 12.2. The summed E-state index contributed by atoms with van der Waals surface area (Å²) in [6.45, 7) is 1.48. The van der Waals surface area contributed by atoms with Crippen molar-refractivity contribution in [1.29, 1.82) is 0 Å². The largest absolute Gasteiger partial charge is 0.481 e. The van der Waals surface area contributed by atoms with Gasteiger partial charge in [0.1, 0.15) is 5.69 Å². The lowest BCUT2D eigenvalue weighted by Crippen LogP contribution is -2.50. The van der Waals surface area contributed by atoms with Crippen molar-refractivity contribution in [3.63, 3.8) is 0 Å². The number of nitro groups is 1. The predicted molar refractivity (Wildman–Crippen MR) is 77.5 cm³/mol. The quantitative estimate of drug-likeness (QED) is 0.383. The fourth-order valence-corrected chi connectivity index (χ4v) is 1.97. The molecule has 0 saturated carbocycles. The van der Waals surface area contributed by atoms with Gasteiger partial charge in [0.25, 0.3) is 11.6 Å². The first kappa shape index (κ1) is 17.4. The Morgan fingerprint density at radius 3 is 2.64 bits per heavy atom. The molecule has 0 aliphatic rings. The number of nitrogens with zero attached hydrogens (tertiary/aromatic N) is 1. The smallest absolute Gasteiger partial charge is 0.305 e. The summed E-state index contributed by atoms with van der Waals surface area (Å²) in [7, 11) is 1.38. The van der Waals surface area contributed by atoms with Gasteiger partial charge in [0.05, 0.1) is 23.5 Å². The van der Waals surface area contributed by atoms with Gasteiger partial charge in [-0.15, -0.1) is 0 Å². The van der Waals surface area contributed by atoms with E-state index in [0.717, 1.165) is 6.07 Å². The van der Waals surface area contributed by atoms with Crippen LogP contribution in [0.25, 0.3) is 0 Å². The molecule has 1 unspecified atom stereocenters. The molecule has 1 amide bonds. The molecule has 0 fully saturated rings. The average molecular weight is 311 g/mol. The number of methoxy groups -OCH3 is 1. The van der Waals surface area contributed by atoms with Crippen molar-refractivity contribution in [3.05, 3.63) is 33.9 Å². The van der Waals surface area contributed by atoms with E-state index in [-0.39, 0.29) is 30.0 Å². The fourth-order valence-electron chi connectivity index (χ4n) is 1.97. The number of hydrogen-bond donors (Lipinski definition) is 3. The number of carbonyl (C=O) groups is 2. The van der Waals surface area contributed by atoms with Crippen LogP contribution in [-0.4, -0.2) is 41.2 Å². The van der Waals surface area contributed by atoms with Gasteiger partial charge in [0.15, 0.2) is 0 Å². The maximum absolute atomic E-state index is 12.2. The molecule has 22 heavy (non-hydrogen) atoms. The maximum atomic E-state index is 12.2. The zero-order valence-electron chi connectivity index (χ0n) is 12.2. The van der Waals surface area contributed by atoms with E-state index in [2.05, 4.69) is 5.32 Å². The number of nitrogen functional groups attached to an aromatic ring is 1. The van der Waals surface area contributed by atoms with Crippen LogP contribution in [0.2, 0.25) is 0 Å². The molecule has 4 N–H and O–H groups in total. The number of amides is 1. The lowest BCUT2D eigenvalue weighted by Gasteiger charge is -2.28. The maximum Gasteiger partial charge on any atom is 0.305 e. The number of nitro benzene ring substituents is 1. The molecular weight excluding hydrogens is 294 g/mol. The Bertz CT molecular complexity index is 603. The standard InChI is InChI=1S/C13H17N3O6/c1-13(7-22-2,6-11(17)18)15-12(19)8-3-4-9(14)10(5-8)16(20)21/h3-5H,6-7,14H2,1-2H3,(H,15,19)(H,17,18). The number of nitrogens with two attached hydrogens (primary N) is 1. The van der Waals surface area contributed by atoms with Crippen molar-refractivity contribution in [2.45, 2.75) is 18.9 Å². The second kappa shape index (κ2) is 6.85. The first-order valence-electron chi connectivity index (χ1n) is 6.25. The molecule has 0 aliphatic heterocycles. The Kier molecular flexibility index (Phi) is 5.41. The molecule has 9 nitrogen and oxygen atoms in total. The molecule has 0 bridgehead atoms. The number of nitrogens with one attached hydrogen (secondary N) is 1. The fraction of sp³-hybridized carbons (Fsp3) is 0.385. The monoisotopic (exact) mass is 311 g/mol. The highest BCUT2D eigenvalue weighted by molar-refractivity contribution is 5.96. The molecule has 0 spiro atoms. The molecule has 0 aliphatic carbocycles. The second-order valence-electron chi connectivity index (χ2n) is 5.05. The summed E-state index contributed by atoms with van der Waals surface area (Å²) in [5, 5.41) is 22.2. The lowest BCUT2D eigenvalue weighted by atomic mass is 9.98. The van der Waals surface area contributed by atoms with Crippen LogP contribution in [0.1, 0.15) is 23.7 Å². The van der Waals surface area contributed by atoms with Crippen LogP contribution in [0.3, 0.4) is 0 Å². The minimum absolute atomic E-state index is 0.00798. The van der Waals surface area contributed by atoms with Crippen LogP contribution in [0.15, 0.2) is 18.2 Å². The number of anilines is 1. The highest BCUT2D eigenvalue weighted by Crippen LogP contribution is 2.23. The first-order chi connectivity index (χ1) is 10.2. The Morgan fingerprint density at radius 1 is 1.50 bits per heavy atom. The van der Waals surface area contributed by atoms with Gasteiger partial charge in [-0.2, -0.15) is 0 Å². The molecule has 0 aromatic heterocycles. The third-order valence-electron chi connectivity index (χ3n) is 2.91. The van der Waals surface area contributed by atoms with Crippen molar-refractivity contribution in [3.8, 4) is 0 Å². The predicted octanol–water partition coefficient (Wildman–Crippen LogP) is 0.787. The third-order valence-corrected chi connectivity index (χ3v) is 2.91. The summed E-state index contributed by atoms with van der Waals surface area (Å²) in [6, 6.07) is 3.61. The molecule has 1 aromatic rings. The van der Waals surface area contributed by atoms with Crippen LogP contribution < -0.4 is 11.1 Å². The number of ether oxygens (including phenoxy) is 1. The number of hydrogen-bond acceptors (Lipinski definition) is 6. The molecule has 0 heterocycles. The Balaban J connectivity index is 3.02. The van der Waals surface area contributed by atoms with Gasteiger partial charge in [-0.05, 0) is 19.1 Å². The van der Waals surface area contributed by atoms with Gasteiger partial charge in [0, 0.05) is 18.7 Å². The van der Waals surface area contributed by atoms with Crippen LogP contribution in [0.4, 0.5) is 11.4 Å². The molecular formula is C13H17N3O6. The van der Waals surface area contributed by atoms with Crippen molar-refractivity contribution >= 4 is 23.3 Å². The number of carboxylic acid groups (broad SMARTS) is 1. The molecule has 1 rings (SSSR count). The van der Waals surface area contributed by atoms with Gasteiger partial charge < -0.3 is 20.9 Å². The highest BCUT2D eigenvalue weighted by Gasteiger charge is 2.30. The lowest BCUT2D eigenvalue weighted by molar-refractivity contribution is -0.383. The van der Waals surface area contributed by atoms with Crippen LogP contribution in [0, 0.1) is 10.1 Å². The minimum Gasteiger partial charge on any atom is -0.481 e. The molecule has 120 valence electrons. The zero-order chi connectivity index (χ0) is 16.9. The van der Waals surface area contributed by atoms with E-state index in [4.69, 9.17) is 15.6 Å². The first-order valence-corrected chi connectivity index (χ1v) is 6.25. The normalized spacial score (nSPS) is 13.2. The average Bonchev–Trinajstić information content (AvgIpc) is 2.37. The SMILES string of the molecule is COCC(C)(CC(=O)O)NC(=O)c1ccc(N)c([N+](=O)[O-])c1. The number of carbonyl (C=O) groups excluding carboxylic acids is 1. The van der Waals surface area contributed by atoms with E-state index in [0.29, 0.717) is 0 Å². The van der Waals surface area contributed by atoms with E-state index in [1.165, 1.54) is 26.2 Å². The van der Waals surface area contributed by atoms with E-state index in [9.17, 15) is 19.7 Å². The minimum atomic E-state index is -1.15. The summed E-state index contributed by atoms with van der Waals surface area (Å²) >= 11 is 0. The van der Waals surface area contributed by atoms with Crippen molar-refractivity contribution in [2.24, 2.45) is 0 Å². The van der Waals surface area contributed by atoms with E-state index >= 15 is 0 Å². The van der Waals surface area contributed by atoms with E-state index < -0.39 is 22.3 Å². The van der Waals surface area contributed by atoms with Crippen LogP contribution in [0.5, 0.6) is 0 Å². The van der Waals surface area contributed by atoms with Crippen molar-refractivity contribution in [1.82, 2.24) is 5.32 Å². The Labute approximate surface area is 126 Å². The van der Waals surface area contributed by atoms with E-state index in [1.54, 1.807) is 0 Å². The number of aliphatic carboxylic acids is 1. The number of carboxylic acids is 1. The summed E-state index contributed by atoms with van der Waals surface area (Å²) in [5.74, 6) is -1.76. The molecule has 0 radical (unpaired) electrons. The third kappa shape index (κ3) is 4.42. The van der Waals surface area contributed by atoms with Gasteiger partial charge in [0.2, 0.25) is 0 Å². The second-order valence-corrected chi connectivity index (χ2v) is 5.05. The summed E-state index contributed by atoms with van der Waals surface area (Å²) in [6.07, 6.45) is -0.357. The van der Waals surface area contributed by atoms with Crippen molar-refractivity contribution in [2.75, 3.05) is 19.5 Å². The number of benzene rings is 1. The molecule has 9 heteroatoms. The Morgan fingerprint density at radius 2 is 2.14 bits per heavy atom. The Hall–Kier alpha value is -2.68. The number of rotatable bonds is 7. The van der Waals surface area contributed by atoms with Crippen LogP contribution in [-0.2, 0) is 9.53 Å². The molecule has 0 saturated heterocycles. The van der Waals surface area contributed by atoms with Gasteiger partial charge in [-0.25, -0.2) is 0 Å². The summed E-state index contributed by atoms with van der Waals surface area (Å²) in [4.78, 5) is 33.2. The summed E-state index contributed by atoms with van der Waals surface area (Å²) < 4.78 is 4.92. The van der Waals surface area contributed by atoms with Crippen molar-refractivity contribution < 1.29 is 24.4 Å². The molecule has 1 atom stereocenters. The summed E-state index contributed by atoms with van der Waals surface area (Å²) in [5.41, 5.74) is 3.87. The van der Waals surface area contributed by atoms with Crippen LogP contribution >= 0.6 is 0 Å². The highest BCUT2D eigenvalue weighted by atomic mass is 16.6. The van der Waals surface area contributed by atoms with Gasteiger partial charge in [-0.3, -0.25) is 19.7 Å².